The van der Waals surface area contributed by atoms with E-state index in [0.29, 0.717) is 11.5 Å². The summed E-state index contributed by atoms with van der Waals surface area (Å²) in [7, 11) is 1.80. The van der Waals surface area contributed by atoms with Crippen LogP contribution in [0.5, 0.6) is 0 Å². The minimum absolute atomic E-state index is 0.179. The molecular formula is C11H13N3O2. The van der Waals surface area contributed by atoms with Crippen LogP contribution in [0.15, 0.2) is 22.6 Å². The van der Waals surface area contributed by atoms with Crippen molar-refractivity contribution in [2.45, 2.75) is 6.92 Å². The largest absolute Gasteiger partial charge is 0.441 e. The Morgan fingerprint density at radius 2 is 2.31 bits per heavy atom. The summed E-state index contributed by atoms with van der Waals surface area (Å²) in [6.45, 7) is 1.98. The third-order valence-corrected chi connectivity index (χ3v) is 2.31. The maximum absolute atomic E-state index is 10.8. The molecule has 5 nitrogen and oxygen atoms in total. The Hall–Kier alpha value is -2.04. The SMILES string of the molecule is Cc1nc2ccc(N(C)CC(N)=O)cc2o1. The Labute approximate surface area is 92.8 Å². The van der Waals surface area contributed by atoms with Gasteiger partial charge >= 0.3 is 0 Å². The van der Waals surface area contributed by atoms with Crippen LogP contribution in [-0.2, 0) is 4.79 Å². The van der Waals surface area contributed by atoms with E-state index in [2.05, 4.69) is 4.98 Å². The molecule has 0 saturated carbocycles. The average molecular weight is 219 g/mol. The van der Waals surface area contributed by atoms with Crippen LogP contribution in [0.25, 0.3) is 11.1 Å². The van der Waals surface area contributed by atoms with E-state index in [1.54, 1.807) is 18.9 Å². The summed E-state index contributed by atoms with van der Waals surface area (Å²) in [5.74, 6) is 0.265. The van der Waals surface area contributed by atoms with Crippen molar-refractivity contribution in [2.24, 2.45) is 5.73 Å². The predicted molar refractivity (Wildman–Crippen MR) is 61.2 cm³/mol. The summed E-state index contributed by atoms with van der Waals surface area (Å²) in [4.78, 5) is 16.8. The van der Waals surface area contributed by atoms with Gasteiger partial charge in [0.1, 0.15) is 5.52 Å². The first-order valence-electron chi connectivity index (χ1n) is 4.93. The molecule has 0 aliphatic rings. The lowest BCUT2D eigenvalue weighted by molar-refractivity contribution is -0.116. The van der Waals surface area contributed by atoms with Crippen LogP contribution >= 0.6 is 0 Å². The number of aryl methyl sites for hydroxylation is 1. The number of hydrogen-bond acceptors (Lipinski definition) is 4. The molecule has 0 unspecified atom stereocenters. The van der Waals surface area contributed by atoms with Gasteiger partial charge in [-0.15, -0.1) is 0 Å². The van der Waals surface area contributed by atoms with Crippen molar-refractivity contribution in [1.82, 2.24) is 4.98 Å². The van der Waals surface area contributed by atoms with Crippen LogP contribution in [0.2, 0.25) is 0 Å². The zero-order valence-electron chi connectivity index (χ0n) is 9.23. The number of rotatable bonds is 3. The Morgan fingerprint density at radius 1 is 1.56 bits per heavy atom. The number of amides is 1. The van der Waals surface area contributed by atoms with E-state index in [1.165, 1.54) is 0 Å². The first kappa shape index (κ1) is 10.5. The molecule has 0 aliphatic heterocycles. The third kappa shape index (κ3) is 1.98. The van der Waals surface area contributed by atoms with E-state index in [-0.39, 0.29) is 12.5 Å². The highest BCUT2D eigenvalue weighted by molar-refractivity contribution is 5.82. The summed E-state index contributed by atoms with van der Waals surface area (Å²) >= 11 is 0. The summed E-state index contributed by atoms with van der Waals surface area (Å²) in [5, 5.41) is 0. The van der Waals surface area contributed by atoms with Crippen molar-refractivity contribution in [1.29, 1.82) is 0 Å². The lowest BCUT2D eigenvalue weighted by atomic mass is 10.2. The minimum atomic E-state index is -0.364. The number of benzene rings is 1. The number of anilines is 1. The van der Waals surface area contributed by atoms with Crippen molar-refractivity contribution in [3.63, 3.8) is 0 Å². The maximum atomic E-state index is 10.8. The lowest BCUT2D eigenvalue weighted by Crippen LogP contribution is -2.30. The topological polar surface area (TPSA) is 72.4 Å². The number of carbonyl (C=O) groups is 1. The van der Waals surface area contributed by atoms with E-state index in [4.69, 9.17) is 10.2 Å². The minimum Gasteiger partial charge on any atom is -0.441 e. The van der Waals surface area contributed by atoms with E-state index in [9.17, 15) is 4.79 Å². The quantitative estimate of drug-likeness (QED) is 0.837. The molecule has 16 heavy (non-hydrogen) atoms. The number of fused-ring (bicyclic) bond motifs is 1. The fraction of sp³-hybridized carbons (Fsp3) is 0.273. The van der Waals surface area contributed by atoms with Crippen LogP contribution in [0.1, 0.15) is 5.89 Å². The second-order valence-electron chi connectivity index (χ2n) is 3.71. The summed E-state index contributed by atoms with van der Waals surface area (Å²) < 4.78 is 5.41. The number of primary amides is 1. The lowest BCUT2D eigenvalue weighted by Gasteiger charge is -2.16. The van der Waals surface area contributed by atoms with Gasteiger partial charge in [-0.05, 0) is 12.1 Å². The van der Waals surface area contributed by atoms with Crippen LogP contribution in [-0.4, -0.2) is 24.5 Å². The predicted octanol–water partition coefficient (Wildman–Crippen LogP) is 1.06. The van der Waals surface area contributed by atoms with Gasteiger partial charge in [0.15, 0.2) is 11.5 Å². The third-order valence-electron chi connectivity index (χ3n) is 2.31. The zero-order chi connectivity index (χ0) is 11.7. The van der Waals surface area contributed by atoms with Crippen molar-refractivity contribution in [3.8, 4) is 0 Å². The molecule has 0 aliphatic carbocycles. The molecule has 84 valence electrons. The average Bonchev–Trinajstić information content (AvgIpc) is 2.55. The first-order valence-corrected chi connectivity index (χ1v) is 4.93. The Balaban J connectivity index is 2.34. The second-order valence-corrected chi connectivity index (χ2v) is 3.71. The van der Waals surface area contributed by atoms with Gasteiger partial charge in [0, 0.05) is 25.7 Å². The molecule has 0 spiro atoms. The smallest absolute Gasteiger partial charge is 0.236 e. The van der Waals surface area contributed by atoms with Crippen LogP contribution in [0.3, 0.4) is 0 Å². The van der Waals surface area contributed by atoms with Gasteiger partial charge in [-0.1, -0.05) is 0 Å². The molecule has 5 heteroatoms. The molecule has 0 saturated heterocycles. The second kappa shape index (κ2) is 3.84. The molecule has 0 atom stereocenters. The molecule has 0 fully saturated rings. The number of hydrogen-bond donors (Lipinski definition) is 1. The molecule has 0 bridgehead atoms. The molecule has 0 radical (unpaired) electrons. The highest BCUT2D eigenvalue weighted by Crippen LogP contribution is 2.21. The fourth-order valence-corrected chi connectivity index (χ4v) is 1.59. The van der Waals surface area contributed by atoms with Crippen molar-refractivity contribution >= 4 is 22.7 Å². The van der Waals surface area contributed by atoms with Gasteiger partial charge < -0.3 is 15.1 Å². The van der Waals surface area contributed by atoms with Crippen LogP contribution in [0.4, 0.5) is 5.69 Å². The van der Waals surface area contributed by atoms with Gasteiger partial charge in [0.2, 0.25) is 5.91 Å². The van der Waals surface area contributed by atoms with Gasteiger partial charge in [0.25, 0.3) is 0 Å². The fourth-order valence-electron chi connectivity index (χ4n) is 1.59. The standard InChI is InChI=1S/C11H13N3O2/c1-7-13-9-4-3-8(5-10(9)16-7)14(2)6-11(12)15/h3-5H,6H2,1-2H3,(H2,12,15). The van der Waals surface area contributed by atoms with E-state index < -0.39 is 0 Å². The van der Waals surface area contributed by atoms with Gasteiger partial charge in [-0.25, -0.2) is 4.98 Å². The molecule has 2 rings (SSSR count). The summed E-state index contributed by atoms with van der Waals surface area (Å²) in [6.07, 6.45) is 0. The Bertz CT molecular complexity index is 533. The number of aromatic nitrogens is 1. The number of nitrogens with zero attached hydrogens (tertiary/aromatic N) is 2. The molecule has 2 aromatic rings. The Kier molecular flexibility index (Phi) is 2.52. The molecule has 1 heterocycles. The van der Waals surface area contributed by atoms with Gasteiger partial charge in [-0.2, -0.15) is 0 Å². The van der Waals surface area contributed by atoms with Gasteiger partial charge in [0.05, 0.1) is 6.54 Å². The van der Waals surface area contributed by atoms with Crippen molar-refractivity contribution in [2.75, 3.05) is 18.5 Å². The number of likely N-dealkylation sites (N-methyl/N-ethyl adjacent to an activating group) is 1. The molecular weight excluding hydrogens is 206 g/mol. The van der Waals surface area contributed by atoms with Crippen molar-refractivity contribution in [3.05, 3.63) is 24.1 Å². The summed E-state index contributed by atoms with van der Waals surface area (Å²) in [5.41, 5.74) is 7.54. The molecule has 2 N–H and O–H groups in total. The summed E-state index contributed by atoms with van der Waals surface area (Å²) in [6, 6.07) is 5.59. The van der Waals surface area contributed by atoms with E-state index in [0.717, 1.165) is 11.2 Å². The zero-order valence-corrected chi connectivity index (χ0v) is 9.23. The molecule has 1 amide bonds. The number of nitrogens with two attached hydrogens (primary N) is 1. The first-order chi connectivity index (χ1) is 7.56. The number of oxazole rings is 1. The highest BCUT2D eigenvalue weighted by Gasteiger charge is 2.07. The monoisotopic (exact) mass is 219 g/mol. The van der Waals surface area contributed by atoms with Gasteiger partial charge in [-0.3, -0.25) is 4.79 Å². The molecule has 1 aromatic heterocycles. The van der Waals surface area contributed by atoms with E-state index >= 15 is 0 Å². The van der Waals surface area contributed by atoms with Crippen molar-refractivity contribution < 1.29 is 9.21 Å². The Morgan fingerprint density at radius 3 is 3.00 bits per heavy atom. The number of carbonyl (C=O) groups excluding carboxylic acids is 1. The van der Waals surface area contributed by atoms with Crippen LogP contribution in [0, 0.1) is 6.92 Å². The van der Waals surface area contributed by atoms with E-state index in [1.807, 2.05) is 18.2 Å². The molecule has 1 aromatic carbocycles. The maximum Gasteiger partial charge on any atom is 0.236 e. The van der Waals surface area contributed by atoms with Crippen LogP contribution < -0.4 is 10.6 Å². The highest BCUT2D eigenvalue weighted by atomic mass is 16.3. The normalized spacial score (nSPS) is 10.6.